The van der Waals surface area contributed by atoms with Gasteiger partial charge in [0.2, 0.25) is 34.0 Å². The molecule has 8 heterocycles. The molecule has 0 amide bonds. The molecule has 0 aliphatic heterocycles. The van der Waals surface area contributed by atoms with Crippen molar-refractivity contribution < 1.29 is 31.8 Å². The van der Waals surface area contributed by atoms with Crippen LogP contribution in [0.5, 0.6) is 0 Å². The highest BCUT2D eigenvalue weighted by molar-refractivity contribution is 7.19. The molecule has 506 valence electrons. The molecule has 0 N–H and O–H groups in total. The zero-order valence-corrected chi connectivity index (χ0v) is 62.0. The first-order valence-corrected chi connectivity index (χ1v) is 36.2. The monoisotopic (exact) mass is 1350 g/mol. The minimum absolute atomic E-state index is 0.960. The zero-order valence-electron chi connectivity index (χ0n) is 61.2. The smallest absolute Gasteiger partial charge is 0.220 e. The Bertz CT molecular complexity index is 5530. The van der Waals surface area contributed by atoms with Crippen molar-refractivity contribution in [2.45, 2.75) is 67.2 Å². The van der Waals surface area contributed by atoms with Gasteiger partial charge in [-0.15, -0.1) is 11.3 Å². The van der Waals surface area contributed by atoms with Crippen LogP contribution in [0.25, 0.3) is 110 Å². The van der Waals surface area contributed by atoms with Gasteiger partial charge in [-0.3, -0.25) is 0 Å². The molecule has 1 aliphatic rings. The van der Waals surface area contributed by atoms with Gasteiger partial charge in [-0.05, 0) is 189 Å². The minimum atomic E-state index is 0.960. The number of fused-ring (bicyclic) bond motifs is 6. The summed E-state index contributed by atoms with van der Waals surface area (Å²) in [6.45, 7) is 12.9. The van der Waals surface area contributed by atoms with Gasteiger partial charge in [0.05, 0.1) is 28.3 Å². The summed E-state index contributed by atoms with van der Waals surface area (Å²) in [5, 5.41) is 7.95. The summed E-state index contributed by atoms with van der Waals surface area (Å²) in [5.41, 5.74) is 25.1. The molecule has 7 nitrogen and oxygen atoms in total. The number of benzene rings is 8. The molecule has 8 heteroatoms. The summed E-state index contributed by atoms with van der Waals surface area (Å²) in [5.74, 6) is 0.960. The average molecular weight is 1360 g/mol. The van der Waals surface area contributed by atoms with Crippen LogP contribution in [0.2, 0.25) is 0 Å². The van der Waals surface area contributed by atoms with Crippen LogP contribution in [0.15, 0.2) is 309 Å². The van der Waals surface area contributed by atoms with Gasteiger partial charge in [0.15, 0.2) is 37.2 Å². The number of hydrogen-bond donors (Lipinski definition) is 0. The van der Waals surface area contributed by atoms with Crippen molar-refractivity contribution in [3.05, 3.63) is 348 Å². The number of thiophene rings is 1. The summed E-state index contributed by atoms with van der Waals surface area (Å²) in [4.78, 5) is 1.38. The van der Waals surface area contributed by atoms with Crippen LogP contribution >= 0.6 is 11.3 Å². The van der Waals surface area contributed by atoms with Gasteiger partial charge in [0.1, 0.15) is 48.0 Å². The fourth-order valence-electron chi connectivity index (χ4n) is 14.1. The Hall–Kier alpha value is -11.3. The van der Waals surface area contributed by atoms with Crippen molar-refractivity contribution in [3.8, 4) is 67.4 Å². The third-order valence-electron chi connectivity index (χ3n) is 19.6. The van der Waals surface area contributed by atoms with Crippen LogP contribution in [0.3, 0.4) is 0 Å². The van der Waals surface area contributed by atoms with E-state index in [9.17, 15) is 0 Å². The molecule has 102 heavy (non-hydrogen) atoms. The van der Waals surface area contributed by atoms with Crippen molar-refractivity contribution in [1.29, 1.82) is 0 Å². The first-order chi connectivity index (χ1) is 49.6. The first kappa shape index (κ1) is 70.5. The maximum Gasteiger partial charge on any atom is 0.220 e. The van der Waals surface area contributed by atoms with Crippen LogP contribution in [-0.4, -0.2) is 0 Å². The van der Waals surface area contributed by atoms with Crippen LogP contribution in [0.4, 0.5) is 0 Å². The molecule has 0 fully saturated rings. The van der Waals surface area contributed by atoms with Crippen molar-refractivity contribution in [3.63, 3.8) is 0 Å². The van der Waals surface area contributed by atoms with E-state index >= 15 is 0 Å². The fourth-order valence-corrected chi connectivity index (χ4v) is 15.2. The van der Waals surface area contributed by atoms with Gasteiger partial charge in [-0.25, -0.2) is 27.4 Å². The minimum Gasteiger partial charge on any atom is -0.469 e. The van der Waals surface area contributed by atoms with Crippen LogP contribution in [-0.2, 0) is 55.1 Å². The van der Waals surface area contributed by atoms with Crippen molar-refractivity contribution in [1.82, 2.24) is 0 Å². The third-order valence-corrected chi connectivity index (χ3v) is 20.7. The lowest BCUT2D eigenvalue weighted by Gasteiger charge is -2.18. The molecule has 17 rings (SSSR count). The lowest BCUT2D eigenvalue weighted by molar-refractivity contribution is -0.660. The molecule has 0 radical (unpaired) electrons. The fraction of sp³-hybridized carbons (Fsp3) is 0.170. The SMILES string of the molecule is Cc1cc2c(cc1-c1cccc[n+]1C)CCCC2.Cc1ccc2ccccc2c1-c1cccc[n+]1C.Cc1cccc2ccc3ccc[n+](C)c3c12.Cc1ccccc1-c1cc(-c2ccccc2)cc[n+]1C.Cc1occc1-c1cccc[n+]1C.Cc1sc2ccccc2c1-c1cccc[n+]1C. The molecule has 0 saturated heterocycles. The van der Waals surface area contributed by atoms with E-state index < -0.39 is 0 Å². The van der Waals surface area contributed by atoms with E-state index in [4.69, 9.17) is 4.42 Å². The zero-order chi connectivity index (χ0) is 71.2. The quantitative estimate of drug-likeness (QED) is 0.121. The molecule has 8 aromatic carbocycles. The molecule has 0 bridgehead atoms. The van der Waals surface area contributed by atoms with Gasteiger partial charge in [-0.2, -0.15) is 0 Å². The molecule has 0 spiro atoms. The Balaban J connectivity index is 0.000000116. The molecule has 0 unspecified atom stereocenters. The highest BCUT2D eigenvalue weighted by Crippen LogP contribution is 2.37. The van der Waals surface area contributed by atoms with Gasteiger partial charge < -0.3 is 4.42 Å². The Morgan fingerprint density at radius 1 is 0.314 bits per heavy atom. The van der Waals surface area contributed by atoms with E-state index in [2.05, 4.69) is 371 Å². The number of aromatic nitrogens is 6. The maximum atomic E-state index is 5.26. The summed E-state index contributed by atoms with van der Waals surface area (Å²) in [6.07, 6.45) is 19.5. The lowest BCUT2D eigenvalue weighted by atomic mass is 9.87. The number of aryl methyl sites for hydroxylation is 14. The molecule has 1 aliphatic carbocycles. The largest absolute Gasteiger partial charge is 0.469 e. The van der Waals surface area contributed by atoms with E-state index in [0.29, 0.717) is 0 Å². The number of hydrogen-bond acceptors (Lipinski definition) is 2. The van der Waals surface area contributed by atoms with Crippen molar-refractivity contribution >= 4 is 53.9 Å². The number of rotatable bonds is 6. The Morgan fingerprint density at radius 3 is 1.49 bits per heavy atom. The summed E-state index contributed by atoms with van der Waals surface area (Å²) >= 11 is 1.87. The Labute approximate surface area is 607 Å². The third kappa shape index (κ3) is 16.1. The van der Waals surface area contributed by atoms with E-state index in [-0.39, 0.29) is 0 Å². The Kier molecular flexibility index (Phi) is 22.7. The molecule has 16 aromatic rings. The second-order valence-corrected chi connectivity index (χ2v) is 28.0. The normalized spacial score (nSPS) is 11.4. The van der Waals surface area contributed by atoms with E-state index in [1.165, 1.54) is 157 Å². The summed E-state index contributed by atoms with van der Waals surface area (Å²) in [6, 6.07) is 92.1. The predicted molar refractivity (Wildman–Crippen MR) is 424 cm³/mol. The van der Waals surface area contributed by atoms with E-state index in [1.807, 2.05) is 49.7 Å². The van der Waals surface area contributed by atoms with Crippen LogP contribution in [0.1, 0.15) is 56.9 Å². The van der Waals surface area contributed by atoms with Crippen molar-refractivity contribution in [2.75, 3.05) is 0 Å². The Morgan fingerprint density at radius 2 is 0.833 bits per heavy atom. The molecular weight excluding hydrogens is 1260 g/mol. The van der Waals surface area contributed by atoms with Gasteiger partial charge >= 0.3 is 0 Å². The maximum absolute atomic E-state index is 5.26. The summed E-state index contributed by atoms with van der Waals surface area (Å²) in [7, 11) is 12.5. The average Bonchev–Trinajstić information content (AvgIpc) is 1.57. The van der Waals surface area contributed by atoms with Crippen LogP contribution < -0.4 is 27.4 Å². The number of pyridine rings is 6. The highest BCUT2D eigenvalue weighted by atomic mass is 32.1. The van der Waals surface area contributed by atoms with Gasteiger partial charge in [0, 0.05) is 98.2 Å². The second-order valence-electron chi connectivity index (χ2n) is 26.7. The molecule has 0 saturated carbocycles. The number of nitrogens with zero attached hydrogens (tertiary/aromatic N) is 6. The predicted octanol–water partition coefficient (Wildman–Crippen LogP) is 20.1. The van der Waals surface area contributed by atoms with Gasteiger partial charge in [-0.1, -0.05) is 133 Å². The molecular formula is C94H94N6OS+6. The highest BCUT2D eigenvalue weighted by Gasteiger charge is 2.21. The standard InChI is InChI=1S/C19H18N.C17H16N.C17H20N.C15H14NS.C15H14N.C11H12NO/c1-15-8-6-7-11-18(15)19-14-17(12-13-20(19)2)16-9-4-3-5-10-16;1-13-10-11-14-7-3-4-8-15(14)17(13)16-9-5-6-12-18(16)2;1-13-11-14-7-3-4-8-15(14)12-16(13)17-9-5-6-10-18(17)2;1-11-15(13-8-5-6-10-16(13)2)12-7-3-4-9-14(12)17-11;1-11-5-3-6-12-8-9-13-7-4-10-16(2)15(13)14(11)12;1-9-10(6-8-13-9)11-5-3-4-7-12(11)2/h3-14H,1-2H3;3-12H,1-2H3;5-6,9-12H,3-4,7-8H2,1-2H3;3-10H,1-2H3;3-10H,1-2H3;3-8H,1-2H3/q6*+1. The summed E-state index contributed by atoms with van der Waals surface area (Å²) < 4.78 is 19.6. The lowest BCUT2D eigenvalue weighted by Crippen LogP contribution is -2.30. The van der Waals surface area contributed by atoms with E-state index in [1.54, 1.807) is 17.4 Å². The second kappa shape index (κ2) is 32.8. The van der Waals surface area contributed by atoms with E-state index in [0.717, 1.165) is 11.3 Å². The van der Waals surface area contributed by atoms with Gasteiger partial charge in [0.25, 0.3) is 0 Å². The topological polar surface area (TPSA) is 36.4 Å². The van der Waals surface area contributed by atoms with Crippen LogP contribution in [0, 0.1) is 41.5 Å². The molecule has 8 aromatic heterocycles. The molecule has 0 atom stereocenters. The number of furan rings is 1. The first-order valence-electron chi connectivity index (χ1n) is 35.4. The van der Waals surface area contributed by atoms with Crippen molar-refractivity contribution in [2.24, 2.45) is 42.3 Å².